The summed E-state index contributed by atoms with van der Waals surface area (Å²) < 4.78 is 33.9. The van der Waals surface area contributed by atoms with E-state index in [0.717, 1.165) is 11.3 Å². The van der Waals surface area contributed by atoms with Crippen molar-refractivity contribution in [2.45, 2.75) is 26.2 Å². The van der Waals surface area contributed by atoms with Crippen LogP contribution < -0.4 is 10.5 Å². The SMILES string of the molecule is CC(C)(CN)C(F)(F)c1ccc2c(c1)CCO2. The van der Waals surface area contributed by atoms with Crippen molar-refractivity contribution in [3.8, 4) is 5.75 Å². The van der Waals surface area contributed by atoms with Crippen molar-refractivity contribution in [2.24, 2.45) is 11.1 Å². The zero-order valence-electron chi connectivity index (χ0n) is 10.1. The average Bonchev–Trinajstić information content (AvgIpc) is 2.75. The van der Waals surface area contributed by atoms with E-state index in [-0.39, 0.29) is 12.1 Å². The topological polar surface area (TPSA) is 35.2 Å². The van der Waals surface area contributed by atoms with Gasteiger partial charge in [0.05, 0.1) is 6.61 Å². The summed E-state index contributed by atoms with van der Waals surface area (Å²) >= 11 is 0. The Balaban J connectivity index is 2.40. The maximum absolute atomic E-state index is 14.3. The molecule has 0 radical (unpaired) electrons. The minimum absolute atomic E-state index is 0.0252. The van der Waals surface area contributed by atoms with Crippen LogP contribution in [0, 0.1) is 5.41 Å². The van der Waals surface area contributed by atoms with Crippen LogP contribution in [-0.2, 0) is 12.3 Å². The molecule has 0 aliphatic carbocycles. The zero-order chi connectivity index (χ0) is 12.7. The van der Waals surface area contributed by atoms with E-state index in [0.29, 0.717) is 13.0 Å². The molecule has 2 rings (SSSR count). The smallest absolute Gasteiger partial charge is 0.279 e. The number of alkyl halides is 2. The number of benzene rings is 1. The molecule has 1 heterocycles. The molecule has 0 amide bonds. The monoisotopic (exact) mass is 241 g/mol. The maximum Gasteiger partial charge on any atom is 0.279 e. The summed E-state index contributed by atoms with van der Waals surface area (Å²) in [7, 11) is 0. The Morgan fingerprint density at radius 2 is 2.06 bits per heavy atom. The third kappa shape index (κ3) is 1.90. The second kappa shape index (κ2) is 3.95. The molecule has 0 fully saturated rings. The van der Waals surface area contributed by atoms with Crippen LogP contribution in [0.5, 0.6) is 5.75 Å². The summed E-state index contributed by atoms with van der Waals surface area (Å²) in [5.41, 5.74) is 5.07. The first kappa shape index (κ1) is 12.3. The molecular formula is C13H17F2NO. The molecule has 1 aliphatic rings. The lowest BCUT2D eigenvalue weighted by Gasteiger charge is -2.33. The molecule has 0 spiro atoms. The van der Waals surface area contributed by atoms with E-state index >= 15 is 0 Å². The lowest BCUT2D eigenvalue weighted by atomic mass is 9.81. The fourth-order valence-electron chi connectivity index (χ4n) is 1.90. The van der Waals surface area contributed by atoms with E-state index in [9.17, 15) is 8.78 Å². The van der Waals surface area contributed by atoms with Crippen LogP contribution in [0.2, 0.25) is 0 Å². The number of hydrogen-bond acceptors (Lipinski definition) is 2. The summed E-state index contributed by atoms with van der Waals surface area (Å²) in [4.78, 5) is 0. The zero-order valence-corrected chi connectivity index (χ0v) is 10.1. The highest BCUT2D eigenvalue weighted by Gasteiger charge is 2.47. The Bertz CT molecular complexity index is 429. The van der Waals surface area contributed by atoms with Gasteiger partial charge in [0.1, 0.15) is 5.75 Å². The van der Waals surface area contributed by atoms with E-state index < -0.39 is 11.3 Å². The van der Waals surface area contributed by atoms with Crippen molar-refractivity contribution in [3.63, 3.8) is 0 Å². The summed E-state index contributed by atoms with van der Waals surface area (Å²) in [6.07, 6.45) is 0.697. The largest absolute Gasteiger partial charge is 0.493 e. The Labute approximate surface area is 99.8 Å². The van der Waals surface area contributed by atoms with Crippen LogP contribution in [0.25, 0.3) is 0 Å². The second-order valence-corrected chi connectivity index (χ2v) is 5.08. The van der Waals surface area contributed by atoms with Gasteiger partial charge in [-0.25, -0.2) is 8.78 Å². The molecule has 0 bridgehead atoms. The van der Waals surface area contributed by atoms with Crippen LogP contribution >= 0.6 is 0 Å². The summed E-state index contributed by atoms with van der Waals surface area (Å²) in [6.45, 7) is 3.48. The van der Waals surface area contributed by atoms with Gasteiger partial charge < -0.3 is 10.5 Å². The second-order valence-electron chi connectivity index (χ2n) is 5.08. The van der Waals surface area contributed by atoms with E-state index in [1.165, 1.54) is 19.9 Å². The van der Waals surface area contributed by atoms with Gasteiger partial charge in [-0.15, -0.1) is 0 Å². The molecule has 0 atom stereocenters. The Morgan fingerprint density at radius 3 is 2.71 bits per heavy atom. The van der Waals surface area contributed by atoms with Gasteiger partial charge in [-0.3, -0.25) is 0 Å². The van der Waals surface area contributed by atoms with Gasteiger partial charge in [0, 0.05) is 23.9 Å². The molecule has 0 saturated heterocycles. The van der Waals surface area contributed by atoms with Gasteiger partial charge in [-0.05, 0) is 23.8 Å². The molecule has 1 aliphatic heterocycles. The number of hydrogen-bond donors (Lipinski definition) is 1. The number of rotatable bonds is 3. The fraction of sp³-hybridized carbons (Fsp3) is 0.538. The first-order chi connectivity index (χ1) is 7.88. The highest BCUT2D eigenvalue weighted by atomic mass is 19.3. The summed E-state index contributed by atoms with van der Waals surface area (Å²) in [5.74, 6) is -2.21. The number of nitrogens with two attached hydrogens (primary N) is 1. The molecule has 4 heteroatoms. The van der Waals surface area contributed by atoms with Crippen molar-refractivity contribution in [2.75, 3.05) is 13.2 Å². The Morgan fingerprint density at radius 1 is 1.35 bits per heavy atom. The predicted octanol–water partition coefficient (Wildman–Crippen LogP) is 2.70. The molecule has 1 aromatic rings. The van der Waals surface area contributed by atoms with Crippen LogP contribution in [0.1, 0.15) is 25.0 Å². The quantitative estimate of drug-likeness (QED) is 0.883. The highest BCUT2D eigenvalue weighted by molar-refractivity contribution is 5.41. The van der Waals surface area contributed by atoms with Crippen LogP contribution in [0.15, 0.2) is 18.2 Å². The van der Waals surface area contributed by atoms with E-state index in [2.05, 4.69) is 0 Å². The van der Waals surface area contributed by atoms with Crippen molar-refractivity contribution >= 4 is 0 Å². The van der Waals surface area contributed by atoms with Crippen molar-refractivity contribution < 1.29 is 13.5 Å². The summed E-state index contributed by atoms with van der Waals surface area (Å²) in [5, 5.41) is 0. The van der Waals surface area contributed by atoms with E-state index in [1.54, 1.807) is 12.1 Å². The molecular weight excluding hydrogens is 224 g/mol. The Kier molecular flexibility index (Phi) is 2.86. The third-order valence-corrected chi connectivity index (χ3v) is 3.41. The molecule has 2 N–H and O–H groups in total. The summed E-state index contributed by atoms with van der Waals surface area (Å²) in [6, 6.07) is 4.60. The maximum atomic E-state index is 14.3. The minimum Gasteiger partial charge on any atom is -0.493 e. The average molecular weight is 241 g/mol. The van der Waals surface area contributed by atoms with E-state index in [1.807, 2.05) is 0 Å². The van der Waals surface area contributed by atoms with Gasteiger partial charge in [-0.1, -0.05) is 13.8 Å². The lowest BCUT2D eigenvalue weighted by molar-refractivity contribution is -0.108. The normalized spacial score (nSPS) is 15.6. The predicted molar refractivity (Wildman–Crippen MR) is 62.4 cm³/mol. The molecule has 0 unspecified atom stereocenters. The molecule has 2 nitrogen and oxygen atoms in total. The third-order valence-electron chi connectivity index (χ3n) is 3.41. The minimum atomic E-state index is -2.93. The van der Waals surface area contributed by atoms with Gasteiger partial charge in [0.15, 0.2) is 0 Å². The number of ether oxygens (including phenoxy) is 1. The first-order valence-electron chi connectivity index (χ1n) is 5.72. The number of halogens is 2. The van der Waals surface area contributed by atoms with Crippen molar-refractivity contribution in [3.05, 3.63) is 29.3 Å². The molecule has 94 valence electrons. The standard InChI is InChI=1S/C13H17F2NO/c1-12(2,8-16)13(14,15)10-3-4-11-9(7-10)5-6-17-11/h3-4,7H,5-6,8,16H2,1-2H3. The molecule has 17 heavy (non-hydrogen) atoms. The highest BCUT2D eigenvalue weighted by Crippen LogP contribution is 2.45. The molecule has 0 saturated carbocycles. The van der Waals surface area contributed by atoms with Gasteiger partial charge in [0.2, 0.25) is 0 Å². The number of fused-ring (bicyclic) bond motifs is 1. The lowest BCUT2D eigenvalue weighted by Crippen LogP contribution is -2.40. The van der Waals surface area contributed by atoms with Gasteiger partial charge in [0.25, 0.3) is 5.92 Å². The van der Waals surface area contributed by atoms with Crippen LogP contribution in [0.3, 0.4) is 0 Å². The van der Waals surface area contributed by atoms with Crippen LogP contribution in [0.4, 0.5) is 8.78 Å². The first-order valence-corrected chi connectivity index (χ1v) is 5.72. The van der Waals surface area contributed by atoms with Crippen molar-refractivity contribution in [1.29, 1.82) is 0 Å². The fourth-order valence-corrected chi connectivity index (χ4v) is 1.90. The van der Waals surface area contributed by atoms with Gasteiger partial charge in [-0.2, -0.15) is 0 Å². The van der Waals surface area contributed by atoms with E-state index in [4.69, 9.17) is 10.5 Å². The van der Waals surface area contributed by atoms with Crippen molar-refractivity contribution in [1.82, 2.24) is 0 Å². The van der Waals surface area contributed by atoms with Gasteiger partial charge >= 0.3 is 0 Å². The van der Waals surface area contributed by atoms with Crippen LogP contribution in [-0.4, -0.2) is 13.2 Å². The molecule has 1 aromatic carbocycles. The Hall–Kier alpha value is -1.16. The molecule has 0 aromatic heterocycles.